The Hall–Kier alpha value is -1.36. The molecule has 0 radical (unpaired) electrons. The summed E-state index contributed by atoms with van der Waals surface area (Å²) in [5.74, 6) is 0.334. The zero-order chi connectivity index (χ0) is 16.5. The molecule has 3 atom stereocenters. The lowest BCUT2D eigenvalue weighted by atomic mass is 9.67. The molecule has 22 heavy (non-hydrogen) atoms. The van der Waals surface area contributed by atoms with Crippen molar-refractivity contribution in [3.63, 3.8) is 0 Å². The highest BCUT2D eigenvalue weighted by Gasteiger charge is 2.58. The molecule has 124 valence electrons. The number of hydrogen-bond donors (Lipinski definition) is 1. The van der Waals surface area contributed by atoms with Crippen LogP contribution in [0.5, 0.6) is 0 Å². The van der Waals surface area contributed by atoms with Crippen LogP contribution in [0.15, 0.2) is 12.2 Å². The molecule has 1 aliphatic carbocycles. The minimum atomic E-state index is -0.696. The van der Waals surface area contributed by atoms with Crippen molar-refractivity contribution in [3.8, 4) is 0 Å². The lowest BCUT2D eigenvalue weighted by Crippen LogP contribution is -2.59. The smallest absolute Gasteiger partial charge is 0.323 e. The van der Waals surface area contributed by atoms with Crippen molar-refractivity contribution in [2.45, 2.75) is 52.5 Å². The van der Waals surface area contributed by atoms with Crippen LogP contribution < -0.4 is 5.32 Å². The fraction of sp³-hybridized carbons (Fsp3) is 0.765. The van der Waals surface area contributed by atoms with E-state index in [1.54, 1.807) is 0 Å². The number of urea groups is 1. The molecule has 1 N–H and O–H groups in total. The molecule has 1 unspecified atom stereocenters. The van der Waals surface area contributed by atoms with Crippen LogP contribution in [-0.2, 0) is 4.79 Å². The molecule has 0 aromatic carbocycles. The van der Waals surface area contributed by atoms with Crippen LogP contribution in [0.25, 0.3) is 0 Å². The molecule has 1 aliphatic heterocycles. The number of rotatable bonds is 5. The van der Waals surface area contributed by atoms with Gasteiger partial charge in [-0.25, -0.2) is 9.69 Å². The van der Waals surface area contributed by atoms with Crippen LogP contribution in [0.3, 0.4) is 0 Å². The van der Waals surface area contributed by atoms with Gasteiger partial charge in [-0.3, -0.25) is 9.69 Å². The standard InChI is InChI=1S/C17H29N3O2/c1-6-19(10-12(2)3)11-20-15(21)17(18-16(20)22)13(4)8-7-9-14(17)5/h13-14H,2,6-11H2,1,3-5H3,(H,18,22)/t13-,14+,17?. The van der Waals surface area contributed by atoms with Gasteiger partial charge in [-0.2, -0.15) is 0 Å². The average Bonchev–Trinajstić information content (AvgIpc) is 2.69. The lowest BCUT2D eigenvalue weighted by molar-refractivity contribution is -0.137. The van der Waals surface area contributed by atoms with E-state index in [-0.39, 0.29) is 23.8 Å². The number of imide groups is 1. The van der Waals surface area contributed by atoms with Gasteiger partial charge in [0, 0.05) is 6.54 Å². The fourth-order valence-corrected chi connectivity index (χ4v) is 3.92. The first-order valence-electron chi connectivity index (χ1n) is 8.33. The summed E-state index contributed by atoms with van der Waals surface area (Å²) in [7, 11) is 0. The summed E-state index contributed by atoms with van der Waals surface area (Å²) >= 11 is 0. The molecular weight excluding hydrogens is 278 g/mol. The first-order chi connectivity index (χ1) is 10.3. The van der Waals surface area contributed by atoms with Crippen molar-refractivity contribution in [1.29, 1.82) is 0 Å². The van der Waals surface area contributed by atoms with E-state index in [1.807, 2.05) is 13.8 Å². The number of likely N-dealkylation sites (N-methyl/N-ethyl adjacent to an activating group) is 1. The largest absolute Gasteiger partial charge is 0.326 e. The summed E-state index contributed by atoms with van der Waals surface area (Å²) in [6, 6.07) is -0.245. The van der Waals surface area contributed by atoms with Crippen LogP contribution >= 0.6 is 0 Å². The minimum Gasteiger partial charge on any atom is -0.323 e. The zero-order valence-corrected chi connectivity index (χ0v) is 14.3. The Morgan fingerprint density at radius 2 is 1.95 bits per heavy atom. The Bertz CT molecular complexity index is 465. The van der Waals surface area contributed by atoms with Crippen molar-refractivity contribution in [1.82, 2.24) is 15.1 Å². The summed E-state index contributed by atoms with van der Waals surface area (Å²) in [6.07, 6.45) is 3.12. The second-order valence-corrected chi connectivity index (χ2v) is 7.01. The average molecular weight is 307 g/mol. The molecule has 1 heterocycles. The minimum absolute atomic E-state index is 0.0441. The fourth-order valence-electron chi connectivity index (χ4n) is 3.92. The quantitative estimate of drug-likeness (QED) is 0.627. The molecule has 2 rings (SSSR count). The maximum atomic E-state index is 13.0. The van der Waals surface area contributed by atoms with E-state index in [4.69, 9.17) is 0 Å². The van der Waals surface area contributed by atoms with Crippen molar-refractivity contribution in [2.75, 3.05) is 19.8 Å². The van der Waals surface area contributed by atoms with Gasteiger partial charge in [-0.1, -0.05) is 39.3 Å². The molecular formula is C17H29N3O2. The Morgan fingerprint density at radius 1 is 1.36 bits per heavy atom. The van der Waals surface area contributed by atoms with Crippen molar-refractivity contribution < 1.29 is 9.59 Å². The van der Waals surface area contributed by atoms with Gasteiger partial charge in [-0.15, -0.1) is 0 Å². The van der Waals surface area contributed by atoms with E-state index in [2.05, 4.69) is 30.6 Å². The Kier molecular flexibility index (Phi) is 4.95. The first-order valence-corrected chi connectivity index (χ1v) is 8.33. The predicted molar refractivity (Wildman–Crippen MR) is 87.2 cm³/mol. The molecule has 2 aliphatic rings. The van der Waals surface area contributed by atoms with E-state index in [9.17, 15) is 9.59 Å². The SMILES string of the molecule is C=C(C)CN(CC)CN1C(=O)NC2(C1=O)[C@H](C)CCC[C@@H]2C. The van der Waals surface area contributed by atoms with Crippen LogP contribution in [0, 0.1) is 11.8 Å². The van der Waals surface area contributed by atoms with Crippen LogP contribution in [0.1, 0.15) is 47.0 Å². The van der Waals surface area contributed by atoms with Gasteiger partial charge in [-0.05, 0) is 38.1 Å². The van der Waals surface area contributed by atoms with Gasteiger partial charge in [0.15, 0.2) is 0 Å². The molecule has 1 spiro atoms. The van der Waals surface area contributed by atoms with E-state index < -0.39 is 5.54 Å². The molecule has 0 bridgehead atoms. The third kappa shape index (κ3) is 2.78. The molecule has 5 nitrogen and oxygen atoms in total. The number of nitrogens with one attached hydrogen (secondary N) is 1. The van der Waals surface area contributed by atoms with Gasteiger partial charge in [0.05, 0.1) is 6.67 Å². The maximum absolute atomic E-state index is 13.0. The molecule has 1 saturated heterocycles. The van der Waals surface area contributed by atoms with Gasteiger partial charge < -0.3 is 5.32 Å². The molecule has 1 saturated carbocycles. The Labute approximate surface area is 133 Å². The Morgan fingerprint density at radius 3 is 2.45 bits per heavy atom. The topological polar surface area (TPSA) is 52.6 Å². The zero-order valence-electron chi connectivity index (χ0n) is 14.3. The second kappa shape index (κ2) is 6.41. The number of nitrogens with zero attached hydrogens (tertiary/aromatic N) is 2. The number of carbonyl (C=O) groups is 2. The highest BCUT2D eigenvalue weighted by molar-refractivity contribution is 6.07. The number of hydrogen-bond acceptors (Lipinski definition) is 3. The van der Waals surface area contributed by atoms with Crippen molar-refractivity contribution in [2.24, 2.45) is 11.8 Å². The van der Waals surface area contributed by atoms with E-state index >= 15 is 0 Å². The van der Waals surface area contributed by atoms with Crippen LogP contribution in [0.4, 0.5) is 4.79 Å². The van der Waals surface area contributed by atoms with E-state index in [0.29, 0.717) is 13.2 Å². The normalized spacial score (nSPS) is 32.0. The van der Waals surface area contributed by atoms with Crippen LogP contribution in [0.2, 0.25) is 0 Å². The summed E-state index contributed by atoms with van der Waals surface area (Å²) in [5, 5.41) is 3.04. The predicted octanol–water partition coefficient (Wildman–Crippen LogP) is 2.59. The highest BCUT2D eigenvalue weighted by atomic mass is 16.2. The van der Waals surface area contributed by atoms with Gasteiger partial charge in [0.25, 0.3) is 5.91 Å². The van der Waals surface area contributed by atoms with Crippen molar-refractivity contribution in [3.05, 3.63) is 12.2 Å². The van der Waals surface area contributed by atoms with Gasteiger partial charge >= 0.3 is 6.03 Å². The number of amides is 3. The summed E-state index contributed by atoms with van der Waals surface area (Å²) in [5.41, 5.74) is 0.334. The molecule has 5 heteroatoms. The Balaban J connectivity index is 2.19. The summed E-state index contributed by atoms with van der Waals surface area (Å²) in [6.45, 7) is 13.9. The molecule has 0 aromatic rings. The molecule has 0 aromatic heterocycles. The lowest BCUT2D eigenvalue weighted by Gasteiger charge is -2.42. The molecule has 3 amide bonds. The van der Waals surface area contributed by atoms with Gasteiger partial charge in [0.1, 0.15) is 5.54 Å². The molecule has 2 fully saturated rings. The second-order valence-electron chi connectivity index (χ2n) is 7.01. The van der Waals surface area contributed by atoms with Crippen molar-refractivity contribution >= 4 is 11.9 Å². The number of carbonyl (C=O) groups excluding carboxylic acids is 2. The first kappa shape index (κ1) is 17.0. The maximum Gasteiger partial charge on any atom is 0.326 e. The van der Waals surface area contributed by atoms with Crippen LogP contribution in [-0.4, -0.2) is 47.0 Å². The highest BCUT2D eigenvalue weighted by Crippen LogP contribution is 2.42. The summed E-state index contributed by atoms with van der Waals surface area (Å²) in [4.78, 5) is 28.9. The van der Waals surface area contributed by atoms with Gasteiger partial charge in [0.2, 0.25) is 0 Å². The monoisotopic (exact) mass is 307 g/mol. The van der Waals surface area contributed by atoms with E-state index in [0.717, 1.165) is 31.4 Å². The third-order valence-electron chi connectivity index (χ3n) is 5.27. The summed E-state index contributed by atoms with van der Waals surface area (Å²) < 4.78 is 0. The van der Waals surface area contributed by atoms with E-state index in [1.165, 1.54) is 4.90 Å². The third-order valence-corrected chi connectivity index (χ3v) is 5.27.